The van der Waals surface area contributed by atoms with Gasteiger partial charge in [0.15, 0.2) is 0 Å². The van der Waals surface area contributed by atoms with E-state index in [1.807, 2.05) is 0 Å². The molecule has 0 saturated heterocycles. The Bertz CT molecular complexity index is 300. The first-order chi connectivity index (χ1) is 5.88. The van der Waals surface area contributed by atoms with Gasteiger partial charge in [0.2, 0.25) is 0 Å². The quantitative estimate of drug-likeness (QED) is 0.622. The molecule has 74 valence electrons. The molecule has 1 heterocycles. The van der Waals surface area contributed by atoms with Gasteiger partial charge in [-0.2, -0.15) is 0 Å². The number of hydrogen-bond acceptors (Lipinski definition) is 0. The average molecular weight is 179 g/mol. The molecule has 0 amide bonds. The van der Waals surface area contributed by atoms with Gasteiger partial charge in [-0.15, -0.1) is 0 Å². The SMILES string of the molecule is CCc1c(C)c(C)cn1C(C)(C)C. The van der Waals surface area contributed by atoms with Gasteiger partial charge in [0.1, 0.15) is 0 Å². The Morgan fingerprint density at radius 2 is 1.77 bits per heavy atom. The predicted molar refractivity (Wildman–Crippen MR) is 58.3 cm³/mol. The molecule has 0 aliphatic carbocycles. The second kappa shape index (κ2) is 3.21. The van der Waals surface area contributed by atoms with Gasteiger partial charge in [0, 0.05) is 17.4 Å². The molecule has 0 bridgehead atoms. The maximum absolute atomic E-state index is 2.40. The molecule has 1 aromatic heterocycles. The van der Waals surface area contributed by atoms with Crippen LogP contribution in [0.3, 0.4) is 0 Å². The molecule has 0 N–H and O–H groups in total. The molecule has 0 unspecified atom stereocenters. The van der Waals surface area contributed by atoms with Crippen molar-refractivity contribution in [2.75, 3.05) is 0 Å². The van der Waals surface area contributed by atoms with Crippen LogP contribution in [0.4, 0.5) is 0 Å². The van der Waals surface area contributed by atoms with E-state index in [1.165, 1.54) is 16.8 Å². The fourth-order valence-electron chi connectivity index (χ4n) is 1.81. The van der Waals surface area contributed by atoms with Crippen LogP contribution in [0.25, 0.3) is 0 Å². The summed E-state index contributed by atoms with van der Waals surface area (Å²) in [5.74, 6) is 0. The highest BCUT2D eigenvalue weighted by atomic mass is 15.0. The molecule has 0 aliphatic rings. The third-order valence-electron chi connectivity index (χ3n) is 2.70. The van der Waals surface area contributed by atoms with Gasteiger partial charge in [-0.1, -0.05) is 6.92 Å². The van der Waals surface area contributed by atoms with Gasteiger partial charge < -0.3 is 4.57 Å². The minimum atomic E-state index is 0.213. The van der Waals surface area contributed by atoms with Crippen molar-refractivity contribution >= 4 is 0 Å². The van der Waals surface area contributed by atoms with Gasteiger partial charge in [0.25, 0.3) is 0 Å². The third-order valence-corrected chi connectivity index (χ3v) is 2.70. The molecule has 1 rings (SSSR count). The average Bonchev–Trinajstić information content (AvgIpc) is 2.28. The minimum absolute atomic E-state index is 0.213. The maximum atomic E-state index is 2.40. The molecular formula is C12H21N. The third kappa shape index (κ3) is 1.79. The van der Waals surface area contributed by atoms with E-state index >= 15 is 0 Å². The first-order valence-electron chi connectivity index (χ1n) is 5.05. The monoisotopic (exact) mass is 179 g/mol. The zero-order valence-corrected chi connectivity index (χ0v) is 9.73. The van der Waals surface area contributed by atoms with E-state index in [2.05, 4.69) is 52.3 Å². The van der Waals surface area contributed by atoms with Crippen LogP contribution in [0.15, 0.2) is 6.20 Å². The predicted octanol–water partition coefficient (Wildman–Crippen LogP) is 3.42. The second-order valence-electron chi connectivity index (χ2n) is 4.78. The van der Waals surface area contributed by atoms with E-state index in [4.69, 9.17) is 0 Å². The van der Waals surface area contributed by atoms with Crippen molar-refractivity contribution in [1.29, 1.82) is 0 Å². The minimum Gasteiger partial charge on any atom is -0.346 e. The first-order valence-corrected chi connectivity index (χ1v) is 5.05. The summed E-state index contributed by atoms with van der Waals surface area (Å²) in [6.07, 6.45) is 3.39. The van der Waals surface area contributed by atoms with Crippen LogP contribution < -0.4 is 0 Å². The molecule has 1 nitrogen and oxygen atoms in total. The first kappa shape index (κ1) is 10.4. The van der Waals surface area contributed by atoms with Gasteiger partial charge >= 0.3 is 0 Å². The summed E-state index contributed by atoms with van der Waals surface area (Å²) in [7, 11) is 0. The van der Waals surface area contributed by atoms with Crippen LogP contribution in [-0.2, 0) is 12.0 Å². The molecule has 0 radical (unpaired) electrons. The molecule has 0 fully saturated rings. The van der Waals surface area contributed by atoms with Crippen molar-refractivity contribution in [3.05, 3.63) is 23.0 Å². The smallest absolute Gasteiger partial charge is 0.0358 e. The molecule has 0 spiro atoms. The van der Waals surface area contributed by atoms with Crippen molar-refractivity contribution < 1.29 is 0 Å². The van der Waals surface area contributed by atoms with Crippen molar-refractivity contribution in [2.24, 2.45) is 0 Å². The van der Waals surface area contributed by atoms with Gasteiger partial charge in [-0.05, 0) is 52.2 Å². The van der Waals surface area contributed by atoms with Crippen molar-refractivity contribution in [1.82, 2.24) is 4.57 Å². The van der Waals surface area contributed by atoms with E-state index in [9.17, 15) is 0 Å². The molecule has 1 aromatic rings. The second-order valence-corrected chi connectivity index (χ2v) is 4.78. The molecular weight excluding hydrogens is 158 g/mol. The number of aromatic nitrogens is 1. The zero-order valence-electron chi connectivity index (χ0n) is 9.73. The lowest BCUT2D eigenvalue weighted by Crippen LogP contribution is -2.23. The summed E-state index contributed by atoms with van der Waals surface area (Å²) in [6, 6.07) is 0. The maximum Gasteiger partial charge on any atom is 0.0358 e. The highest BCUT2D eigenvalue weighted by Crippen LogP contribution is 2.24. The molecule has 0 saturated carbocycles. The lowest BCUT2D eigenvalue weighted by Gasteiger charge is -2.24. The fourth-order valence-corrected chi connectivity index (χ4v) is 1.81. The van der Waals surface area contributed by atoms with Crippen LogP contribution in [0, 0.1) is 13.8 Å². The Kier molecular flexibility index (Phi) is 2.56. The topological polar surface area (TPSA) is 4.93 Å². The molecule has 0 aliphatic heterocycles. The van der Waals surface area contributed by atoms with Crippen LogP contribution in [-0.4, -0.2) is 4.57 Å². The molecule has 1 heteroatoms. The van der Waals surface area contributed by atoms with Gasteiger partial charge in [0.05, 0.1) is 0 Å². The lowest BCUT2D eigenvalue weighted by molar-refractivity contribution is 0.386. The largest absolute Gasteiger partial charge is 0.346 e. The van der Waals surface area contributed by atoms with Crippen LogP contribution in [0.2, 0.25) is 0 Å². The summed E-state index contributed by atoms with van der Waals surface area (Å²) < 4.78 is 2.40. The highest BCUT2D eigenvalue weighted by Gasteiger charge is 2.18. The summed E-state index contributed by atoms with van der Waals surface area (Å²) in [5.41, 5.74) is 4.55. The summed E-state index contributed by atoms with van der Waals surface area (Å²) in [5, 5.41) is 0. The van der Waals surface area contributed by atoms with Crippen molar-refractivity contribution in [3.63, 3.8) is 0 Å². The number of nitrogens with zero attached hydrogens (tertiary/aromatic N) is 1. The highest BCUT2D eigenvalue weighted by molar-refractivity contribution is 5.30. The molecule has 13 heavy (non-hydrogen) atoms. The van der Waals surface area contributed by atoms with E-state index in [-0.39, 0.29) is 5.54 Å². The Balaban J connectivity index is 3.30. The summed E-state index contributed by atoms with van der Waals surface area (Å²) in [6.45, 7) is 13.4. The van der Waals surface area contributed by atoms with E-state index in [0.717, 1.165) is 6.42 Å². The number of aryl methyl sites for hydroxylation is 1. The van der Waals surface area contributed by atoms with E-state index in [0.29, 0.717) is 0 Å². The molecule has 0 aromatic carbocycles. The van der Waals surface area contributed by atoms with E-state index in [1.54, 1.807) is 0 Å². The Morgan fingerprint density at radius 1 is 1.23 bits per heavy atom. The summed E-state index contributed by atoms with van der Waals surface area (Å²) in [4.78, 5) is 0. The Labute approximate surface area is 81.8 Å². The molecule has 0 atom stereocenters. The van der Waals surface area contributed by atoms with Crippen molar-refractivity contribution in [2.45, 2.75) is 53.5 Å². The van der Waals surface area contributed by atoms with Crippen molar-refractivity contribution in [3.8, 4) is 0 Å². The van der Waals surface area contributed by atoms with Crippen LogP contribution in [0.5, 0.6) is 0 Å². The lowest BCUT2D eigenvalue weighted by atomic mass is 10.1. The summed E-state index contributed by atoms with van der Waals surface area (Å²) >= 11 is 0. The fraction of sp³-hybridized carbons (Fsp3) is 0.667. The van der Waals surface area contributed by atoms with Gasteiger partial charge in [-0.25, -0.2) is 0 Å². The van der Waals surface area contributed by atoms with Crippen LogP contribution >= 0.6 is 0 Å². The number of rotatable bonds is 1. The Hall–Kier alpha value is -0.720. The van der Waals surface area contributed by atoms with E-state index < -0.39 is 0 Å². The number of hydrogen-bond donors (Lipinski definition) is 0. The van der Waals surface area contributed by atoms with Gasteiger partial charge in [-0.3, -0.25) is 0 Å². The normalized spacial score (nSPS) is 12.2. The zero-order chi connectivity index (χ0) is 10.2. The standard InChI is InChI=1S/C12H21N/c1-7-11-10(3)9(2)8-13(11)12(4,5)6/h8H,7H2,1-6H3. The van der Waals surface area contributed by atoms with Crippen LogP contribution in [0.1, 0.15) is 44.5 Å². The Morgan fingerprint density at radius 3 is 2.08 bits per heavy atom.